The van der Waals surface area contributed by atoms with Gasteiger partial charge in [0.15, 0.2) is 6.10 Å². The highest BCUT2D eigenvalue weighted by Gasteiger charge is 2.31. The Hall–Kier alpha value is -2.24. The number of piperidine rings is 1. The Labute approximate surface area is 149 Å². The third kappa shape index (κ3) is 5.11. The van der Waals surface area contributed by atoms with Crippen LogP contribution in [0.15, 0.2) is 24.3 Å². The molecule has 0 aliphatic carbocycles. The van der Waals surface area contributed by atoms with E-state index in [1.54, 1.807) is 43.2 Å². The molecule has 0 bridgehead atoms. The lowest BCUT2D eigenvalue weighted by molar-refractivity contribution is -0.152. The van der Waals surface area contributed by atoms with E-state index >= 15 is 0 Å². The molecule has 6 nitrogen and oxygen atoms in total. The van der Waals surface area contributed by atoms with Gasteiger partial charge in [-0.2, -0.15) is 0 Å². The number of amides is 1. The van der Waals surface area contributed by atoms with E-state index in [1.807, 2.05) is 6.92 Å². The predicted molar refractivity (Wildman–Crippen MR) is 93.6 cm³/mol. The van der Waals surface area contributed by atoms with Crippen LogP contribution in [0, 0.1) is 5.92 Å². The summed E-state index contributed by atoms with van der Waals surface area (Å²) in [6.07, 6.45) is 1.35. The molecule has 1 aromatic rings. The van der Waals surface area contributed by atoms with Gasteiger partial charge in [0.2, 0.25) is 0 Å². The summed E-state index contributed by atoms with van der Waals surface area (Å²) in [5.41, 5.74) is 0. The SMILES string of the molecule is CCOC(=O)C1CCN(C(=O)[C@H](CC)Oc2ccc(OC)cc2)CC1. The quantitative estimate of drug-likeness (QED) is 0.708. The number of hydrogen-bond donors (Lipinski definition) is 0. The molecule has 6 heteroatoms. The summed E-state index contributed by atoms with van der Waals surface area (Å²) in [6.45, 7) is 5.25. The Morgan fingerprint density at radius 1 is 1.12 bits per heavy atom. The zero-order valence-corrected chi connectivity index (χ0v) is 15.2. The van der Waals surface area contributed by atoms with Crippen molar-refractivity contribution in [1.82, 2.24) is 4.90 Å². The molecule has 1 aromatic carbocycles. The first kappa shape index (κ1) is 19.1. The second kappa shape index (κ2) is 9.30. The highest BCUT2D eigenvalue weighted by molar-refractivity contribution is 5.81. The molecule has 2 rings (SSSR count). The lowest BCUT2D eigenvalue weighted by atomic mass is 9.96. The lowest BCUT2D eigenvalue weighted by Crippen LogP contribution is -2.46. The molecule has 1 amide bonds. The average molecular weight is 349 g/mol. The average Bonchev–Trinajstić information content (AvgIpc) is 2.66. The van der Waals surface area contributed by atoms with Crippen LogP contribution in [-0.2, 0) is 14.3 Å². The maximum Gasteiger partial charge on any atom is 0.309 e. The van der Waals surface area contributed by atoms with Crippen molar-refractivity contribution >= 4 is 11.9 Å². The van der Waals surface area contributed by atoms with Crippen molar-refractivity contribution in [3.8, 4) is 11.5 Å². The van der Waals surface area contributed by atoms with Crippen LogP contribution in [0.1, 0.15) is 33.1 Å². The first-order valence-electron chi connectivity index (χ1n) is 8.85. The van der Waals surface area contributed by atoms with Crippen molar-refractivity contribution in [2.75, 3.05) is 26.8 Å². The zero-order valence-electron chi connectivity index (χ0n) is 15.2. The highest BCUT2D eigenvalue weighted by atomic mass is 16.5. The molecular weight excluding hydrogens is 322 g/mol. The van der Waals surface area contributed by atoms with Crippen molar-refractivity contribution < 1.29 is 23.8 Å². The number of rotatable bonds is 7. The number of likely N-dealkylation sites (tertiary alicyclic amines) is 1. The van der Waals surface area contributed by atoms with Gasteiger partial charge >= 0.3 is 5.97 Å². The van der Waals surface area contributed by atoms with Gasteiger partial charge in [-0.05, 0) is 50.5 Å². The van der Waals surface area contributed by atoms with E-state index < -0.39 is 6.10 Å². The van der Waals surface area contributed by atoms with E-state index in [-0.39, 0.29) is 17.8 Å². The van der Waals surface area contributed by atoms with Crippen LogP contribution in [0.3, 0.4) is 0 Å². The molecule has 1 aliphatic heterocycles. The standard InChI is InChI=1S/C19H27NO5/c1-4-17(25-16-8-6-15(23-3)7-9-16)18(21)20-12-10-14(11-13-20)19(22)24-5-2/h6-9,14,17H,4-5,10-13H2,1-3H3/t17-/m0/s1. The molecule has 0 unspecified atom stereocenters. The van der Waals surface area contributed by atoms with E-state index in [9.17, 15) is 9.59 Å². The number of hydrogen-bond acceptors (Lipinski definition) is 5. The van der Waals surface area contributed by atoms with Gasteiger partial charge in [0.25, 0.3) is 5.91 Å². The fourth-order valence-corrected chi connectivity index (χ4v) is 2.93. The summed E-state index contributed by atoms with van der Waals surface area (Å²) in [4.78, 5) is 26.3. The van der Waals surface area contributed by atoms with Gasteiger partial charge in [-0.1, -0.05) is 6.92 Å². The normalized spacial score (nSPS) is 16.2. The van der Waals surface area contributed by atoms with Gasteiger partial charge in [-0.15, -0.1) is 0 Å². The molecule has 0 aromatic heterocycles. The molecular formula is C19H27NO5. The smallest absolute Gasteiger partial charge is 0.309 e. The van der Waals surface area contributed by atoms with E-state index in [0.717, 1.165) is 5.75 Å². The topological polar surface area (TPSA) is 65.1 Å². The predicted octanol–water partition coefficient (Wildman–Crippen LogP) is 2.65. The molecule has 1 aliphatic rings. The first-order valence-corrected chi connectivity index (χ1v) is 8.85. The van der Waals surface area contributed by atoms with Crippen LogP contribution < -0.4 is 9.47 Å². The Bertz CT molecular complexity index is 564. The van der Waals surface area contributed by atoms with Gasteiger partial charge in [-0.3, -0.25) is 9.59 Å². The van der Waals surface area contributed by atoms with Crippen LogP contribution in [0.5, 0.6) is 11.5 Å². The summed E-state index contributed by atoms with van der Waals surface area (Å²) in [7, 11) is 1.61. The molecule has 0 spiro atoms. The van der Waals surface area contributed by atoms with Gasteiger partial charge in [0.1, 0.15) is 11.5 Å². The van der Waals surface area contributed by atoms with E-state index in [1.165, 1.54) is 0 Å². The lowest BCUT2D eigenvalue weighted by Gasteiger charge is -2.33. The van der Waals surface area contributed by atoms with Crippen LogP contribution in [0.25, 0.3) is 0 Å². The minimum Gasteiger partial charge on any atom is -0.497 e. The second-order valence-corrected chi connectivity index (χ2v) is 6.04. The van der Waals surface area contributed by atoms with Gasteiger partial charge in [-0.25, -0.2) is 0 Å². The first-order chi connectivity index (χ1) is 12.1. The Balaban J connectivity index is 1.90. The molecule has 0 radical (unpaired) electrons. The molecule has 1 saturated heterocycles. The molecule has 0 N–H and O–H groups in total. The van der Waals surface area contributed by atoms with Crippen LogP contribution in [0.2, 0.25) is 0 Å². The minimum atomic E-state index is -0.521. The van der Waals surface area contributed by atoms with Gasteiger partial charge in [0.05, 0.1) is 19.6 Å². The third-order valence-corrected chi connectivity index (χ3v) is 4.41. The van der Waals surface area contributed by atoms with Crippen molar-refractivity contribution in [3.63, 3.8) is 0 Å². The van der Waals surface area contributed by atoms with Crippen LogP contribution >= 0.6 is 0 Å². The number of ether oxygens (including phenoxy) is 3. The Kier molecular flexibility index (Phi) is 7.10. The fourth-order valence-electron chi connectivity index (χ4n) is 2.93. The maximum absolute atomic E-state index is 12.7. The molecule has 138 valence electrons. The molecule has 0 saturated carbocycles. The Morgan fingerprint density at radius 2 is 1.72 bits per heavy atom. The monoisotopic (exact) mass is 349 g/mol. The second-order valence-electron chi connectivity index (χ2n) is 6.04. The summed E-state index contributed by atoms with van der Waals surface area (Å²) < 4.78 is 16.0. The number of carbonyl (C=O) groups excluding carboxylic acids is 2. The van der Waals surface area contributed by atoms with Crippen molar-refractivity contribution in [2.45, 2.75) is 39.2 Å². The highest BCUT2D eigenvalue weighted by Crippen LogP contribution is 2.22. The molecule has 1 fully saturated rings. The van der Waals surface area contributed by atoms with Crippen molar-refractivity contribution in [2.24, 2.45) is 5.92 Å². The summed E-state index contributed by atoms with van der Waals surface area (Å²) >= 11 is 0. The van der Waals surface area contributed by atoms with Gasteiger partial charge in [0, 0.05) is 13.1 Å². The zero-order chi connectivity index (χ0) is 18.2. The summed E-state index contributed by atoms with van der Waals surface area (Å²) in [5, 5.41) is 0. The maximum atomic E-state index is 12.7. The molecule has 1 atom stereocenters. The van der Waals surface area contributed by atoms with Gasteiger partial charge < -0.3 is 19.1 Å². The van der Waals surface area contributed by atoms with Crippen molar-refractivity contribution in [1.29, 1.82) is 0 Å². The number of methoxy groups -OCH3 is 1. The number of esters is 1. The minimum absolute atomic E-state index is 0.0272. The summed E-state index contributed by atoms with van der Waals surface area (Å²) in [6, 6.07) is 7.19. The van der Waals surface area contributed by atoms with Crippen LogP contribution in [-0.4, -0.2) is 49.7 Å². The number of carbonyl (C=O) groups is 2. The number of nitrogens with zero attached hydrogens (tertiary/aromatic N) is 1. The third-order valence-electron chi connectivity index (χ3n) is 4.41. The van der Waals surface area contributed by atoms with E-state index in [2.05, 4.69) is 0 Å². The van der Waals surface area contributed by atoms with E-state index in [4.69, 9.17) is 14.2 Å². The fraction of sp³-hybridized carbons (Fsp3) is 0.579. The largest absolute Gasteiger partial charge is 0.497 e. The summed E-state index contributed by atoms with van der Waals surface area (Å²) in [5.74, 6) is 1.10. The molecule has 25 heavy (non-hydrogen) atoms. The van der Waals surface area contributed by atoms with E-state index in [0.29, 0.717) is 44.7 Å². The molecule has 1 heterocycles. The Morgan fingerprint density at radius 3 is 2.24 bits per heavy atom. The number of benzene rings is 1. The van der Waals surface area contributed by atoms with Crippen molar-refractivity contribution in [3.05, 3.63) is 24.3 Å². The van der Waals surface area contributed by atoms with Crippen LogP contribution in [0.4, 0.5) is 0 Å².